The molecule has 7 nitrogen and oxygen atoms in total. The SMILES string of the molecule is COC(=O)N1CCC(CNC(=O)C(=O)Nc2ccc(C(F)(F)F)cc2)CC1. The minimum atomic E-state index is -4.47. The fraction of sp³-hybridized carbons (Fsp3) is 0.471. The van der Waals surface area contributed by atoms with Gasteiger partial charge in [-0.2, -0.15) is 13.2 Å². The number of halogens is 3. The fourth-order valence-electron chi connectivity index (χ4n) is 2.70. The van der Waals surface area contributed by atoms with Gasteiger partial charge in [0.2, 0.25) is 0 Å². The number of benzene rings is 1. The summed E-state index contributed by atoms with van der Waals surface area (Å²) in [6, 6.07) is 3.80. The van der Waals surface area contributed by atoms with Crippen molar-refractivity contribution in [3.8, 4) is 0 Å². The molecule has 0 unspecified atom stereocenters. The summed E-state index contributed by atoms with van der Waals surface area (Å²) in [4.78, 5) is 36.6. The Hall–Kier alpha value is -2.78. The highest BCUT2D eigenvalue weighted by atomic mass is 19.4. The molecule has 1 aliphatic rings. The van der Waals surface area contributed by atoms with E-state index in [2.05, 4.69) is 15.4 Å². The monoisotopic (exact) mass is 387 g/mol. The van der Waals surface area contributed by atoms with Gasteiger partial charge in [-0.25, -0.2) is 4.79 Å². The van der Waals surface area contributed by atoms with E-state index in [9.17, 15) is 27.6 Å². The number of carbonyl (C=O) groups is 3. The Bertz CT molecular complexity index is 684. The average molecular weight is 387 g/mol. The van der Waals surface area contributed by atoms with Gasteiger partial charge in [0.15, 0.2) is 0 Å². The van der Waals surface area contributed by atoms with Gasteiger partial charge < -0.3 is 20.3 Å². The number of hydrogen-bond donors (Lipinski definition) is 2. The van der Waals surface area contributed by atoms with E-state index in [-0.39, 0.29) is 18.2 Å². The van der Waals surface area contributed by atoms with E-state index in [4.69, 9.17) is 0 Å². The number of rotatable bonds is 3. The third-order valence-electron chi connectivity index (χ3n) is 4.27. The number of piperidine rings is 1. The quantitative estimate of drug-likeness (QED) is 0.779. The van der Waals surface area contributed by atoms with Gasteiger partial charge in [0.05, 0.1) is 12.7 Å². The number of ether oxygens (including phenoxy) is 1. The van der Waals surface area contributed by atoms with Crippen molar-refractivity contribution in [1.29, 1.82) is 0 Å². The van der Waals surface area contributed by atoms with Gasteiger partial charge in [0, 0.05) is 25.3 Å². The first-order valence-electron chi connectivity index (χ1n) is 8.30. The Labute approximate surface area is 153 Å². The van der Waals surface area contributed by atoms with Gasteiger partial charge in [0.25, 0.3) is 0 Å². The molecule has 2 N–H and O–H groups in total. The van der Waals surface area contributed by atoms with Crippen molar-refractivity contribution in [3.63, 3.8) is 0 Å². The highest BCUT2D eigenvalue weighted by molar-refractivity contribution is 6.39. The maximum Gasteiger partial charge on any atom is 0.416 e. The van der Waals surface area contributed by atoms with Gasteiger partial charge in [0.1, 0.15) is 0 Å². The van der Waals surface area contributed by atoms with Crippen LogP contribution in [-0.2, 0) is 20.5 Å². The molecule has 3 amide bonds. The van der Waals surface area contributed by atoms with Crippen molar-refractivity contribution in [1.82, 2.24) is 10.2 Å². The summed E-state index contributed by atoms with van der Waals surface area (Å²) in [5, 5.41) is 4.75. The Morgan fingerprint density at radius 1 is 1.11 bits per heavy atom. The zero-order chi connectivity index (χ0) is 20.0. The molecule has 1 aromatic rings. The maximum atomic E-state index is 12.5. The number of carbonyl (C=O) groups excluding carboxylic acids is 3. The Morgan fingerprint density at radius 2 is 1.70 bits per heavy atom. The first-order chi connectivity index (χ1) is 12.7. The lowest BCUT2D eigenvalue weighted by Crippen LogP contribution is -2.43. The van der Waals surface area contributed by atoms with Crippen LogP contribution in [0.3, 0.4) is 0 Å². The largest absolute Gasteiger partial charge is 0.453 e. The van der Waals surface area contributed by atoms with Crippen LogP contribution in [-0.4, -0.2) is 49.6 Å². The second-order valence-electron chi connectivity index (χ2n) is 6.14. The van der Waals surface area contributed by atoms with Crippen molar-refractivity contribution in [2.45, 2.75) is 19.0 Å². The number of likely N-dealkylation sites (tertiary alicyclic amines) is 1. The average Bonchev–Trinajstić information content (AvgIpc) is 2.65. The van der Waals surface area contributed by atoms with Gasteiger partial charge in [-0.05, 0) is 43.0 Å². The Balaban J connectivity index is 1.76. The molecule has 27 heavy (non-hydrogen) atoms. The minimum Gasteiger partial charge on any atom is -0.453 e. The number of alkyl halides is 3. The molecule has 2 rings (SSSR count). The first-order valence-corrected chi connectivity index (χ1v) is 8.30. The zero-order valence-corrected chi connectivity index (χ0v) is 14.6. The summed E-state index contributed by atoms with van der Waals surface area (Å²) in [7, 11) is 1.31. The highest BCUT2D eigenvalue weighted by Gasteiger charge is 2.30. The lowest BCUT2D eigenvalue weighted by molar-refractivity contribution is -0.137. The minimum absolute atomic E-state index is 0.0922. The molecule has 0 spiro atoms. The van der Waals surface area contributed by atoms with Crippen LogP contribution in [0.5, 0.6) is 0 Å². The van der Waals surface area contributed by atoms with Crippen molar-refractivity contribution >= 4 is 23.6 Å². The molecule has 0 bridgehead atoms. The molecule has 0 radical (unpaired) electrons. The van der Waals surface area contributed by atoms with Crippen LogP contribution in [0.15, 0.2) is 24.3 Å². The third kappa shape index (κ3) is 5.87. The summed E-state index contributed by atoms with van der Waals surface area (Å²) < 4.78 is 42.1. The van der Waals surface area contributed by atoms with Crippen LogP contribution < -0.4 is 10.6 Å². The van der Waals surface area contributed by atoms with Crippen LogP contribution in [0.4, 0.5) is 23.7 Å². The van der Waals surface area contributed by atoms with Crippen molar-refractivity contribution in [2.24, 2.45) is 5.92 Å². The third-order valence-corrected chi connectivity index (χ3v) is 4.27. The molecule has 1 aromatic carbocycles. The molecule has 0 saturated carbocycles. The molecule has 148 valence electrons. The highest BCUT2D eigenvalue weighted by Crippen LogP contribution is 2.29. The molecule has 1 saturated heterocycles. The number of amides is 3. The van der Waals surface area contributed by atoms with Crippen LogP contribution in [0.2, 0.25) is 0 Å². The summed E-state index contributed by atoms with van der Waals surface area (Å²) in [5.41, 5.74) is -0.752. The van der Waals surface area contributed by atoms with Crippen molar-refractivity contribution in [2.75, 3.05) is 32.1 Å². The molecule has 1 aliphatic heterocycles. The molecule has 1 heterocycles. The van der Waals surface area contributed by atoms with E-state index in [1.54, 1.807) is 4.90 Å². The van der Waals surface area contributed by atoms with E-state index in [0.717, 1.165) is 24.3 Å². The molecule has 0 aromatic heterocycles. The lowest BCUT2D eigenvalue weighted by atomic mass is 9.97. The normalized spacial score (nSPS) is 15.2. The Kier molecular flexibility index (Phi) is 6.65. The smallest absolute Gasteiger partial charge is 0.416 e. The number of methoxy groups -OCH3 is 1. The van der Waals surface area contributed by atoms with Crippen molar-refractivity contribution < 1.29 is 32.3 Å². The second-order valence-corrected chi connectivity index (χ2v) is 6.14. The molecule has 10 heteroatoms. The van der Waals surface area contributed by atoms with Crippen LogP contribution in [0.25, 0.3) is 0 Å². The molecular formula is C17H20F3N3O4. The van der Waals surface area contributed by atoms with Gasteiger partial charge >= 0.3 is 24.1 Å². The molecule has 0 aliphatic carbocycles. The number of nitrogens with zero attached hydrogens (tertiary/aromatic N) is 1. The molecular weight excluding hydrogens is 367 g/mol. The van der Waals surface area contributed by atoms with Crippen molar-refractivity contribution in [3.05, 3.63) is 29.8 Å². The van der Waals surface area contributed by atoms with E-state index in [1.165, 1.54) is 7.11 Å². The van der Waals surface area contributed by atoms with Gasteiger partial charge in [-0.1, -0.05) is 0 Å². The summed E-state index contributed by atoms with van der Waals surface area (Å²) >= 11 is 0. The summed E-state index contributed by atoms with van der Waals surface area (Å²) in [5.74, 6) is -1.71. The fourth-order valence-corrected chi connectivity index (χ4v) is 2.70. The lowest BCUT2D eigenvalue weighted by Gasteiger charge is -2.30. The molecule has 0 atom stereocenters. The zero-order valence-electron chi connectivity index (χ0n) is 14.6. The van der Waals surface area contributed by atoms with E-state index < -0.39 is 29.6 Å². The predicted molar refractivity (Wildman–Crippen MR) is 89.8 cm³/mol. The topological polar surface area (TPSA) is 87.7 Å². The summed E-state index contributed by atoms with van der Waals surface area (Å²) in [6.07, 6.45) is -3.54. The van der Waals surface area contributed by atoms with E-state index in [0.29, 0.717) is 25.9 Å². The van der Waals surface area contributed by atoms with Gasteiger partial charge in [-0.3, -0.25) is 9.59 Å². The number of nitrogens with one attached hydrogen (secondary N) is 2. The van der Waals surface area contributed by atoms with Gasteiger partial charge in [-0.15, -0.1) is 0 Å². The molecule has 1 fully saturated rings. The van der Waals surface area contributed by atoms with Crippen LogP contribution in [0, 0.1) is 5.92 Å². The van der Waals surface area contributed by atoms with E-state index in [1.807, 2.05) is 0 Å². The van der Waals surface area contributed by atoms with Crippen LogP contribution in [0.1, 0.15) is 18.4 Å². The Morgan fingerprint density at radius 3 is 2.22 bits per heavy atom. The second kappa shape index (κ2) is 8.74. The first kappa shape index (κ1) is 20.5. The number of hydrogen-bond acceptors (Lipinski definition) is 4. The standard InChI is InChI=1S/C17H20F3N3O4/c1-27-16(26)23-8-6-11(7-9-23)10-21-14(24)15(25)22-13-4-2-12(3-5-13)17(18,19)20/h2-5,11H,6-10H2,1H3,(H,21,24)(H,22,25). The summed E-state index contributed by atoms with van der Waals surface area (Å²) in [6.45, 7) is 1.28. The van der Waals surface area contributed by atoms with Crippen LogP contribution >= 0.6 is 0 Å². The maximum absolute atomic E-state index is 12.5. The predicted octanol–water partition coefficient (Wildman–Crippen LogP) is 2.24. The number of anilines is 1. The van der Waals surface area contributed by atoms with E-state index >= 15 is 0 Å².